The predicted molar refractivity (Wildman–Crippen MR) is 62.1 cm³/mol. The molecule has 0 radical (unpaired) electrons. The van der Waals surface area contributed by atoms with E-state index < -0.39 is 5.97 Å². The summed E-state index contributed by atoms with van der Waals surface area (Å²) in [5, 5.41) is 9.11. The van der Waals surface area contributed by atoms with Gasteiger partial charge in [-0.25, -0.2) is 4.79 Å². The van der Waals surface area contributed by atoms with E-state index in [1.54, 1.807) is 6.92 Å². The van der Waals surface area contributed by atoms with Crippen molar-refractivity contribution in [1.29, 1.82) is 5.26 Å². The van der Waals surface area contributed by atoms with Crippen molar-refractivity contribution >= 4 is 44.9 Å². The zero-order valence-electron chi connectivity index (χ0n) is 7.33. The number of halogens is 1. The molecule has 6 heteroatoms. The second-order valence-corrected chi connectivity index (χ2v) is 4.45. The lowest BCUT2D eigenvalue weighted by atomic mass is 10.3. The molecule has 1 aromatic rings. The van der Waals surface area contributed by atoms with Crippen LogP contribution in [0.15, 0.2) is 0 Å². The van der Waals surface area contributed by atoms with E-state index in [1.807, 2.05) is 28.7 Å². The molecule has 0 saturated heterocycles. The minimum absolute atomic E-state index is 0.314. The summed E-state index contributed by atoms with van der Waals surface area (Å²) in [5.41, 5.74) is 5.93. The highest BCUT2D eigenvalue weighted by Gasteiger charge is 2.20. The van der Waals surface area contributed by atoms with Crippen LogP contribution in [0.5, 0.6) is 0 Å². The van der Waals surface area contributed by atoms with Crippen molar-refractivity contribution in [3.05, 3.63) is 14.0 Å². The van der Waals surface area contributed by atoms with Gasteiger partial charge < -0.3 is 10.5 Å². The van der Waals surface area contributed by atoms with Gasteiger partial charge in [-0.3, -0.25) is 0 Å². The summed E-state index contributed by atoms with van der Waals surface area (Å²) in [7, 11) is 0. The van der Waals surface area contributed by atoms with E-state index in [1.165, 1.54) is 0 Å². The molecule has 2 N–H and O–H groups in total. The van der Waals surface area contributed by atoms with Crippen molar-refractivity contribution in [2.75, 3.05) is 12.3 Å². The molecule has 0 spiro atoms. The van der Waals surface area contributed by atoms with Gasteiger partial charge in [-0.05, 0) is 29.5 Å². The molecule has 0 aromatic carbocycles. The van der Waals surface area contributed by atoms with Crippen LogP contribution in [-0.4, -0.2) is 12.6 Å². The molecule has 1 aromatic heterocycles. The highest BCUT2D eigenvalue weighted by molar-refractivity contribution is 14.1. The number of nitriles is 1. The van der Waals surface area contributed by atoms with Crippen LogP contribution in [-0.2, 0) is 4.74 Å². The van der Waals surface area contributed by atoms with E-state index in [4.69, 9.17) is 15.7 Å². The Kier molecular flexibility index (Phi) is 3.71. The normalized spacial score (nSPS) is 9.50. The zero-order chi connectivity index (χ0) is 10.7. The fourth-order valence-electron chi connectivity index (χ4n) is 0.860. The second-order valence-electron chi connectivity index (χ2n) is 2.32. The van der Waals surface area contributed by atoms with E-state index >= 15 is 0 Å². The lowest BCUT2D eigenvalue weighted by Gasteiger charge is -1.97. The number of nitrogens with zero attached hydrogens (tertiary/aromatic N) is 1. The molecule has 0 unspecified atom stereocenters. The van der Waals surface area contributed by atoms with Crippen LogP contribution >= 0.6 is 33.9 Å². The van der Waals surface area contributed by atoms with Crippen molar-refractivity contribution in [3.8, 4) is 6.07 Å². The van der Waals surface area contributed by atoms with Crippen molar-refractivity contribution in [2.24, 2.45) is 0 Å². The van der Waals surface area contributed by atoms with Crippen molar-refractivity contribution in [2.45, 2.75) is 6.92 Å². The molecule has 0 aliphatic heterocycles. The molecule has 1 rings (SSSR count). The molecule has 0 bridgehead atoms. The Hall–Kier alpha value is -0.810. The third-order valence-electron chi connectivity index (χ3n) is 1.45. The van der Waals surface area contributed by atoms with E-state index in [9.17, 15) is 4.79 Å². The van der Waals surface area contributed by atoms with Gasteiger partial charge in [0.05, 0.1) is 10.2 Å². The summed E-state index contributed by atoms with van der Waals surface area (Å²) in [6.07, 6.45) is 0. The van der Waals surface area contributed by atoms with Crippen LogP contribution in [0, 0.1) is 14.9 Å². The van der Waals surface area contributed by atoms with Gasteiger partial charge in [-0.1, -0.05) is 0 Å². The molecule has 4 nitrogen and oxygen atoms in total. The number of nitrogen functional groups attached to an aromatic ring is 1. The van der Waals surface area contributed by atoms with Crippen LogP contribution in [0.4, 0.5) is 5.00 Å². The van der Waals surface area contributed by atoms with Crippen molar-refractivity contribution in [1.82, 2.24) is 0 Å². The molecule has 74 valence electrons. The van der Waals surface area contributed by atoms with Crippen LogP contribution in [0.1, 0.15) is 22.2 Å². The molecular weight excluding hydrogens is 315 g/mol. The lowest BCUT2D eigenvalue weighted by molar-refractivity contribution is 0.0531. The van der Waals surface area contributed by atoms with Crippen molar-refractivity contribution in [3.63, 3.8) is 0 Å². The fraction of sp³-hybridized carbons (Fsp3) is 0.250. The number of carbonyl (C=O) groups is 1. The molecule has 1 heterocycles. The van der Waals surface area contributed by atoms with E-state index in [0.717, 1.165) is 11.3 Å². The standard InChI is InChI=1S/C8H7IN2O2S/c1-2-13-8(12)6-5(9)4(3-10)7(11)14-6/h2,11H2,1H3. The number of hydrogen-bond donors (Lipinski definition) is 1. The third kappa shape index (κ3) is 1.99. The number of hydrogen-bond acceptors (Lipinski definition) is 5. The molecule has 0 aliphatic rings. The van der Waals surface area contributed by atoms with Crippen LogP contribution < -0.4 is 5.73 Å². The van der Waals surface area contributed by atoms with E-state index in [2.05, 4.69) is 0 Å². The summed E-state index contributed by atoms with van der Waals surface area (Å²) < 4.78 is 5.40. The third-order valence-corrected chi connectivity index (χ3v) is 3.89. The average Bonchev–Trinajstić information content (AvgIpc) is 2.42. The number of esters is 1. The number of thiophene rings is 1. The molecular formula is C8H7IN2O2S. The van der Waals surface area contributed by atoms with Gasteiger partial charge in [0.15, 0.2) is 0 Å². The Morgan fingerprint density at radius 2 is 2.43 bits per heavy atom. The molecule has 0 saturated carbocycles. The van der Waals surface area contributed by atoms with E-state index in [0.29, 0.717) is 25.6 Å². The smallest absolute Gasteiger partial charge is 0.349 e. The number of nitrogens with two attached hydrogens (primary N) is 1. The van der Waals surface area contributed by atoms with Crippen LogP contribution in [0.3, 0.4) is 0 Å². The highest BCUT2D eigenvalue weighted by atomic mass is 127. The maximum Gasteiger partial charge on any atom is 0.349 e. The second kappa shape index (κ2) is 4.61. The highest BCUT2D eigenvalue weighted by Crippen LogP contribution is 2.31. The first-order valence-corrected chi connectivity index (χ1v) is 5.66. The molecule has 0 fully saturated rings. The monoisotopic (exact) mass is 322 g/mol. The summed E-state index contributed by atoms with van der Waals surface area (Å²) in [4.78, 5) is 11.8. The number of ether oxygens (including phenoxy) is 1. The van der Waals surface area contributed by atoms with Gasteiger partial charge in [0.2, 0.25) is 0 Å². The predicted octanol–water partition coefficient (Wildman–Crippen LogP) is 1.98. The summed E-state index contributed by atoms with van der Waals surface area (Å²) in [5.74, 6) is -0.421. The number of carbonyl (C=O) groups excluding carboxylic acids is 1. The first-order valence-electron chi connectivity index (χ1n) is 3.76. The molecule has 0 aliphatic carbocycles. The van der Waals surface area contributed by atoms with Gasteiger partial charge in [0, 0.05) is 0 Å². The maximum absolute atomic E-state index is 11.4. The quantitative estimate of drug-likeness (QED) is 0.667. The van der Waals surface area contributed by atoms with Crippen molar-refractivity contribution < 1.29 is 9.53 Å². The molecule has 14 heavy (non-hydrogen) atoms. The Bertz CT molecular complexity index is 408. The molecule has 0 amide bonds. The summed E-state index contributed by atoms with van der Waals surface area (Å²) in [6, 6.07) is 1.95. The van der Waals surface area contributed by atoms with Gasteiger partial charge in [0.25, 0.3) is 0 Å². The number of rotatable bonds is 2. The number of anilines is 1. The minimum atomic E-state index is -0.421. The van der Waals surface area contributed by atoms with Crippen LogP contribution in [0.25, 0.3) is 0 Å². The van der Waals surface area contributed by atoms with Gasteiger partial charge >= 0.3 is 5.97 Å². The first-order chi connectivity index (χ1) is 6.61. The summed E-state index contributed by atoms with van der Waals surface area (Å²) >= 11 is 3.01. The Morgan fingerprint density at radius 1 is 1.79 bits per heavy atom. The SMILES string of the molecule is CCOC(=O)c1sc(N)c(C#N)c1I. The Balaban J connectivity index is 3.13. The topological polar surface area (TPSA) is 76.1 Å². The van der Waals surface area contributed by atoms with E-state index in [-0.39, 0.29) is 0 Å². The maximum atomic E-state index is 11.4. The van der Waals surface area contributed by atoms with Gasteiger partial charge in [-0.15, -0.1) is 11.3 Å². The zero-order valence-corrected chi connectivity index (χ0v) is 10.3. The lowest BCUT2D eigenvalue weighted by Crippen LogP contribution is -2.03. The fourth-order valence-corrected chi connectivity index (χ4v) is 2.81. The molecule has 0 atom stereocenters. The largest absolute Gasteiger partial charge is 0.462 e. The van der Waals surface area contributed by atoms with Gasteiger partial charge in [0.1, 0.15) is 21.5 Å². The average molecular weight is 322 g/mol. The minimum Gasteiger partial charge on any atom is -0.462 e. The van der Waals surface area contributed by atoms with Gasteiger partial charge in [-0.2, -0.15) is 5.26 Å². The first kappa shape index (κ1) is 11.3. The summed E-state index contributed by atoms with van der Waals surface area (Å²) in [6.45, 7) is 2.04. The Morgan fingerprint density at radius 3 is 2.86 bits per heavy atom. The van der Waals surface area contributed by atoms with Crippen LogP contribution in [0.2, 0.25) is 0 Å². The Labute approximate surface area is 98.8 Å².